The van der Waals surface area contributed by atoms with Crippen LogP contribution in [-0.4, -0.2) is 9.97 Å². The third-order valence-corrected chi connectivity index (χ3v) is 4.63. The van der Waals surface area contributed by atoms with Crippen LogP contribution in [0.25, 0.3) is 0 Å². The minimum atomic E-state index is 0.330. The van der Waals surface area contributed by atoms with Gasteiger partial charge in [-0.3, -0.25) is 0 Å². The monoisotopic (exact) mass is 302 g/mol. The number of fused-ring (bicyclic) bond motifs is 1. The van der Waals surface area contributed by atoms with Gasteiger partial charge in [-0.15, -0.1) is 0 Å². The number of nitrogen functional groups attached to an aromatic ring is 2. The van der Waals surface area contributed by atoms with Crippen molar-refractivity contribution >= 4 is 11.6 Å². The van der Waals surface area contributed by atoms with E-state index in [9.17, 15) is 0 Å². The van der Waals surface area contributed by atoms with Crippen molar-refractivity contribution in [1.82, 2.24) is 9.97 Å². The molecule has 4 N–H and O–H groups in total. The number of benzene rings is 1. The highest BCUT2D eigenvalue weighted by molar-refractivity contribution is 5.51. The molecule has 4 nitrogen and oxygen atoms in total. The maximum absolute atomic E-state index is 5.88. The van der Waals surface area contributed by atoms with Crippen molar-refractivity contribution < 1.29 is 0 Å². The van der Waals surface area contributed by atoms with Crippen molar-refractivity contribution in [2.75, 3.05) is 11.5 Å². The second-order valence-electron chi connectivity index (χ2n) is 6.00. The van der Waals surface area contributed by atoms with Gasteiger partial charge in [-0.05, 0) is 52.9 Å². The fourth-order valence-corrected chi connectivity index (χ4v) is 3.63. The van der Waals surface area contributed by atoms with E-state index in [1.165, 1.54) is 22.3 Å². The summed E-state index contributed by atoms with van der Waals surface area (Å²) >= 11 is 0. The van der Waals surface area contributed by atoms with Crippen LogP contribution >= 0.6 is 0 Å². The van der Waals surface area contributed by atoms with Crippen LogP contribution in [0.3, 0.4) is 0 Å². The molecule has 1 aliphatic rings. The molecule has 0 spiro atoms. The van der Waals surface area contributed by atoms with E-state index < -0.39 is 0 Å². The molecule has 4 heteroatoms. The quantitative estimate of drug-likeness (QED) is 0.761. The molecule has 1 aliphatic carbocycles. The topological polar surface area (TPSA) is 77.8 Å². The van der Waals surface area contributed by atoms with Crippen LogP contribution in [0.5, 0.6) is 0 Å². The van der Waals surface area contributed by atoms with Crippen LogP contribution in [0.1, 0.15) is 40.5 Å². The van der Waals surface area contributed by atoms with E-state index in [0.29, 0.717) is 23.5 Å². The molecule has 0 amide bonds. The molecule has 3 aromatic rings. The fraction of sp³-hybridized carbons (Fsp3) is 0.158. The maximum atomic E-state index is 5.88. The number of hydrogen-bond acceptors (Lipinski definition) is 4. The first kappa shape index (κ1) is 13.8. The summed E-state index contributed by atoms with van der Waals surface area (Å²) in [4.78, 5) is 8.22. The lowest BCUT2D eigenvalue weighted by Gasteiger charge is -2.14. The first-order valence-corrected chi connectivity index (χ1v) is 7.74. The Morgan fingerprint density at radius 1 is 0.739 bits per heavy atom. The SMILES string of the molecule is Nc1cc(C2CC(c3ccnc(N)c3)c3ccccc32)ccn1. The molecule has 0 bridgehead atoms. The van der Waals surface area contributed by atoms with Crippen molar-refractivity contribution in [2.45, 2.75) is 18.3 Å². The summed E-state index contributed by atoms with van der Waals surface area (Å²) in [6.07, 6.45) is 4.57. The molecule has 0 saturated carbocycles. The molecular formula is C19H18N4. The number of nitrogens with zero attached hydrogens (tertiary/aromatic N) is 2. The molecule has 2 heterocycles. The second kappa shape index (κ2) is 5.39. The van der Waals surface area contributed by atoms with Crippen LogP contribution in [0.15, 0.2) is 60.9 Å². The zero-order valence-electron chi connectivity index (χ0n) is 12.7. The number of nitrogens with two attached hydrogens (primary N) is 2. The molecule has 4 rings (SSSR count). The Hall–Kier alpha value is -2.88. The van der Waals surface area contributed by atoms with Gasteiger partial charge in [0.15, 0.2) is 0 Å². The Kier molecular flexibility index (Phi) is 3.23. The third-order valence-electron chi connectivity index (χ3n) is 4.63. The van der Waals surface area contributed by atoms with Crippen molar-refractivity contribution in [1.29, 1.82) is 0 Å². The Balaban J connectivity index is 1.80. The van der Waals surface area contributed by atoms with E-state index in [1.807, 2.05) is 12.1 Å². The van der Waals surface area contributed by atoms with Gasteiger partial charge >= 0.3 is 0 Å². The zero-order chi connectivity index (χ0) is 15.8. The van der Waals surface area contributed by atoms with E-state index in [-0.39, 0.29) is 0 Å². The predicted molar refractivity (Wildman–Crippen MR) is 92.0 cm³/mol. The molecule has 23 heavy (non-hydrogen) atoms. The summed E-state index contributed by atoms with van der Waals surface area (Å²) in [7, 11) is 0. The lowest BCUT2D eigenvalue weighted by atomic mass is 9.91. The summed E-state index contributed by atoms with van der Waals surface area (Å²) in [6.45, 7) is 0. The Bertz CT molecular complexity index is 789. The fourth-order valence-electron chi connectivity index (χ4n) is 3.63. The first-order valence-electron chi connectivity index (χ1n) is 7.74. The maximum Gasteiger partial charge on any atom is 0.123 e. The molecule has 0 radical (unpaired) electrons. The van der Waals surface area contributed by atoms with Crippen LogP contribution in [-0.2, 0) is 0 Å². The second-order valence-corrected chi connectivity index (χ2v) is 6.00. The number of pyridine rings is 2. The number of aromatic nitrogens is 2. The molecule has 0 fully saturated rings. The molecule has 2 atom stereocenters. The van der Waals surface area contributed by atoms with Gasteiger partial charge in [0.05, 0.1) is 0 Å². The lowest BCUT2D eigenvalue weighted by molar-refractivity contribution is 0.714. The first-order chi connectivity index (χ1) is 11.2. The van der Waals surface area contributed by atoms with Crippen LogP contribution < -0.4 is 11.5 Å². The van der Waals surface area contributed by atoms with Crippen molar-refractivity contribution in [3.8, 4) is 0 Å². The van der Waals surface area contributed by atoms with Gasteiger partial charge in [-0.2, -0.15) is 0 Å². The zero-order valence-corrected chi connectivity index (χ0v) is 12.7. The summed E-state index contributed by atoms with van der Waals surface area (Å²) < 4.78 is 0. The number of hydrogen-bond donors (Lipinski definition) is 2. The molecule has 2 aromatic heterocycles. The van der Waals surface area contributed by atoms with E-state index in [0.717, 1.165) is 6.42 Å². The van der Waals surface area contributed by atoms with E-state index in [4.69, 9.17) is 11.5 Å². The highest BCUT2D eigenvalue weighted by Gasteiger charge is 2.32. The van der Waals surface area contributed by atoms with Crippen LogP contribution in [0, 0.1) is 0 Å². The van der Waals surface area contributed by atoms with E-state index >= 15 is 0 Å². The molecule has 0 saturated heterocycles. The summed E-state index contributed by atoms with van der Waals surface area (Å²) in [5, 5.41) is 0. The Labute approximate surface area is 135 Å². The van der Waals surface area contributed by atoms with E-state index in [1.54, 1.807) is 12.4 Å². The largest absolute Gasteiger partial charge is 0.384 e. The van der Waals surface area contributed by atoms with Gasteiger partial charge in [-0.1, -0.05) is 24.3 Å². The standard InChI is InChI=1S/C19H18N4/c20-18-9-12(5-7-22-18)16-11-17(13-6-8-23-19(21)10-13)15-4-2-1-3-14(15)16/h1-10,16-17H,11H2,(H2,20,22)(H2,21,23). The van der Waals surface area contributed by atoms with Gasteiger partial charge in [0.1, 0.15) is 11.6 Å². The molecule has 2 unspecified atom stereocenters. The van der Waals surface area contributed by atoms with Crippen molar-refractivity contribution in [3.63, 3.8) is 0 Å². The average Bonchev–Trinajstić information content (AvgIpc) is 2.95. The van der Waals surface area contributed by atoms with Gasteiger partial charge in [-0.25, -0.2) is 9.97 Å². The highest BCUT2D eigenvalue weighted by atomic mass is 14.8. The summed E-state index contributed by atoms with van der Waals surface area (Å²) in [5.41, 5.74) is 16.9. The molecule has 0 aliphatic heterocycles. The van der Waals surface area contributed by atoms with Crippen LogP contribution in [0.4, 0.5) is 11.6 Å². The summed E-state index contributed by atoms with van der Waals surface area (Å²) in [6, 6.07) is 16.7. The molecular weight excluding hydrogens is 284 g/mol. The van der Waals surface area contributed by atoms with E-state index in [2.05, 4.69) is 46.4 Å². The van der Waals surface area contributed by atoms with Gasteiger partial charge < -0.3 is 11.5 Å². The molecule has 1 aromatic carbocycles. The van der Waals surface area contributed by atoms with Gasteiger partial charge in [0.2, 0.25) is 0 Å². The third kappa shape index (κ3) is 2.42. The minimum absolute atomic E-state index is 0.330. The normalized spacial score (nSPS) is 19.5. The van der Waals surface area contributed by atoms with Crippen molar-refractivity contribution in [3.05, 3.63) is 83.2 Å². The minimum Gasteiger partial charge on any atom is -0.384 e. The Morgan fingerprint density at radius 3 is 1.65 bits per heavy atom. The lowest BCUT2D eigenvalue weighted by Crippen LogP contribution is -2.01. The molecule has 114 valence electrons. The summed E-state index contributed by atoms with van der Waals surface area (Å²) in [5.74, 6) is 1.79. The number of anilines is 2. The average molecular weight is 302 g/mol. The van der Waals surface area contributed by atoms with Gasteiger partial charge in [0, 0.05) is 24.2 Å². The Morgan fingerprint density at radius 2 is 1.22 bits per heavy atom. The van der Waals surface area contributed by atoms with Crippen LogP contribution in [0.2, 0.25) is 0 Å². The predicted octanol–water partition coefficient (Wildman–Crippen LogP) is 3.31. The van der Waals surface area contributed by atoms with Crippen molar-refractivity contribution in [2.24, 2.45) is 0 Å². The smallest absolute Gasteiger partial charge is 0.123 e. The van der Waals surface area contributed by atoms with Gasteiger partial charge in [0.25, 0.3) is 0 Å². The number of rotatable bonds is 2. The highest BCUT2D eigenvalue weighted by Crippen LogP contribution is 2.48.